The second-order valence-electron chi connectivity index (χ2n) is 8.94. The second-order valence-corrected chi connectivity index (χ2v) is 11.1. The van der Waals surface area contributed by atoms with Crippen LogP contribution in [0, 0.1) is 0 Å². The van der Waals surface area contributed by atoms with Gasteiger partial charge in [0.1, 0.15) is 11.8 Å². The molecule has 2 unspecified atom stereocenters. The maximum Gasteiger partial charge on any atom is 0.459 e. The maximum atomic E-state index is 13.4. The molecule has 0 radical (unpaired) electrons. The fourth-order valence-electron chi connectivity index (χ4n) is 3.67. The number of nitrogens with one attached hydrogen (secondary N) is 2. The number of rotatable bonds is 14. The van der Waals surface area contributed by atoms with Gasteiger partial charge in [-0.15, -0.1) is 0 Å². The quantitative estimate of drug-likeness (QED) is 0.109. The molecule has 0 aliphatic carbocycles. The van der Waals surface area contributed by atoms with Crippen molar-refractivity contribution < 1.29 is 32.7 Å². The third kappa shape index (κ3) is 9.03. The number of carbonyl (C=O) groups excluding carboxylic acids is 3. The number of amides is 1. The lowest BCUT2D eigenvalue weighted by molar-refractivity contribution is -0.142. The lowest BCUT2D eigenvalue weighted by Crippen LogP contribution is -2.34. The van der Waals surface area contributed by atoms with E-state index in [-0.39, 0.29) is 30.6 Å². The Morgan fingerprint density at radius 2 is 1.60 bits per heavy atom. The second kappa shape index (κ2) is 14.8. The van der Waals surface area contributed by atoms with Gasteiger partial charge in [-0.3, -0.25) is 18.9 Å². The van der Waals surface area contributed by atoms with Gasteiger partial charge in [0, 0.05) is 22.7 Å². The standard InChI is InChI=1S/C29H32ClN2O7P/c1-20(23-11-7-12-24(19-23)27(33)22-9-5-4-6-10-22)28(34)31-17-8-18-38-40(36,32-21(2)29(35)37-3)39-26-15-13-25(30)14-16-26/h4-7,9-16,19-21H,8,17-18H2,1-3H3,(H,31,34)(H,32,36)/t20?,21-,40?/m0/s1. The molecule has 0 saturated heterocycles. The molecular formula is C29H32ClN2O7P. The van der Waals surface area contributed by atoms with Crippen molar-refractivity contribution >= 4 is 37.0 Å². The summed E-state index contributed by atoms with van der Waals surface area (Å²) in [7, 11) is -2.77. The molecule has 3 aromatic rings. The number of hydrogen-bond donors (Lipinski definition) is 2. The van der Waals surface area contributed by atoms with Gasteiger partial charge in [0.2, 0.25) is 5.91 Å². The molecule has 0 spiro atoms. The topological polar surface area (TPSA) is 120 Å². The van der Waals surface area contributed by atoms with E-state index in [0.29, 0.717) is 28.1 Å². The Hall–Kier alpha value is -3.49. The molecule has 0 aliphatic heterocycles. The fourth-order valence-corrected chi connectivity index (χ4v) is 5.32. The highest BCUT2D eigenvalue weighted by atomic mass is 35.5. The van der Waals surface area contributed by atoms with Crippen LogP contribution in [0.3, 0.4) is 0 Å². The van der Waals surface area contributed by atoms with Crippen LogP contribution in [0.25, 0.3) is 0 Å². The molecule has 0 fully saturated rings. The first-order valence-electron chi connectivity index (χ1n) is 12.6. The van der Waals surface area contributed by atoms with Crippen molar-refractivity contribution in [2.24, 2.45) is 0 Å². The zero-order valence-corrected chi connectivity index (χ0v) is 24.1. The molecule has 3 aromatic carbocycles. The normalized spacial score (nSPS) is 13.9. The highest BCUT2D eigenvalue weighted by Gasteiger charge is 2.32. The molecule has 212 valence electrons. The lowest BCUT2D eigenvalue weighted by atomic mass is 9.95. The van der Waals surface area contributed by atoms with Crippen LogP contribution in [0.4, 0.5) is 0 Å². The largest absolute Gasteiger partial charge is 0.468 e. The average Bonchev–Trinajstić information content (AvgIpc) is 2.97. The molecule has 0 aromatic heterocycles. The van der Waals surface area contributed by atoms with Crippen LogP contribution in [0.15, 0.2) is 78.9 Å². The van der Waals surface area contributed by atoms with Gasteiger partial charge in [-0.2, -0.15) is 5.09 Å². The summed E-state index contributed by atoms with van der Waals surface area (Å²) in [6.07, 6.45) is 0.313. The predicted molar refractivity (Wildman–Crippen MR) is 153 cm³/mol. The third-order valence-corrected chi connectivity index (χ3v) is 7.83. The minimum Gasteiger partial charge on any atom is -0.468 e. The number of ketones is 1. The van der Waals surface area contributed by atoms with Crippen LogP contribution in [0.5, 0.6) is 5.75 Å². The van der Waals surface area contributed by atoms with Crippen molar-refractivity contribution in [3.8, 4) is 5.75 Å². The van der Waals surface area contributed by atoms with Crippen LogP contribution in [0.1, 0.15) is 47.7 Å². The zero-order valence-electron chi connectivity index (χ0n) is 22.5. The highest BCUT2D eigenvalue weighted by molar-refractivity contribution is 7.52. The van der Waals surface area contributed by atoms with E-state index in [2.05, 4.69) is 15.1 Å². The average molecular weight is 587 g/mol. The Morgan fingerprint density at radius 1 is 0.925 bits per heavy atom. The van der Waals surface area contributed by atoms with Gasteiger partial charge in [0.05, 0.1) is 19.6 Å². The van der Waals surface area contributed by atoms with E-state index < -0.39 is 25.7 Å². The van der Waals surface area contributed by atoms with E-state index in [1.165, 1.54) is 26.2 Å². The summed E-state index contributed by atoms with van der Waals surface area (Å²) in [6, 6.07) is 21.1. The SMILES string of the molecule is COC(=O)[C@H](C)NP(=O)(OCCCNC(=O)C(C)c1cccc(C(=O)c2ccccc2)c1)Oc1ccc(Cl)cc1. The summed E-state index contributed by atoms with van der Waals surface area (Å²) in [4.78, 5) is 37.4. The molecule has 0 heterocycles. The third-order valence-electron chi connectivity index (χ3n) is 5.91. The van der Waals surface area contributed by atoms with Crippen molar-refractivity contribution in [3.63, 3.8) is 0 Å². The molecule has 0 bridgehead atoms. The Morgan fingerprint density at radius 3 is 2.27 bits per heavy atom. The molecule has 0 saturated carbocycles. The Balaban J connectivity index is 1.54. The van der Waals surface area contributed by atoms with E-state index in [1.54, 1.807) is 67.6 Å². The summed E-state index contributed by atoms with van der Waals surface area (Å²) in [5.74, 6) is -1.27. The van der Waals surface area contributed by atoms with Crippen LogP contribution in [0.2, 0.25) is 5.02 Å². The molecule has 3 rings (SSSR count). The van der Waals surface area contributed by atoms with Gasteiger partial charge in [0.25, 0.3) is 0 Å². The lowest BCUT2D eigenvalue weighted by Gasteiger charge is -2.22. The maximum absolute atomic E-state index is 13.4. The van der Waals surface area contributed by atoms with Gasteiger partial charge >= 0.3 is 13.7 Å². The number of methoxy groups -OCH3 is 1. The van der Waals surface area contributed by atoms with E-state index in [1.807, 2.05) is 6.07 Å². The molecule has 2 N–H and O–H groups in total. The van der Waals surface area contributed by atoms with E-state index in [9.17, 15) is 18.9 Å². The summed E-state index contributed by atoms with van der Waals surface area (Å²) < 4.78 is 29.1. The van der Waals surface area contributed by atoms with Crippen molar-refractivity contribution in [1.29, 1.82) is 0 Å². The Labute approximate surface area is 238 Å². The van der Waals surface area contributed by atoms with Crippen molar-refractivity contribution in [3.05, 3.63) is 101 Å². The molecule has 0 aliphatic rings. The number of ether oxygens (including phenoxy) is 1. The smallest absolute Gasteiger partial charge is 0.459 e. The molecule has 40 heavy (non-hydrogen) atoms. The van der Waals surface area contributed by atoms with E-state index >= 15 is 0 Å². The molecular weight excluding hydrogens is 555 g/mol. The summed E-state index contributed by atoms with van der Waals surface area (Å²) in [5, 5.41) is 5.86. The first kappa shape index (κ1) is 31.0. The van der Waals surface area contributed by atoms with Gasteiger partial charge in [-0.25, -0.2) is 4.57 Å². The molecule has 1 amide bonds. The van der Waals surface area contributed by atoms with Gasteiger partial charge in [0.15, 0.2) is 5.78 Å². The Bertz CT molecular complexity index is 1350. The first-order chi connectivity index (χ1) is 19.1. The molecule has 9 nitrogen and oxygen atoms in total. The number of hydrogen-bond acceptors (Lipinski definition) is 7. The Kier molecular flexibility index (Phi) is 11.5. The number of benzene rings is 3. The van der Waals surface area contributed by atoms with Crippen LogP contribution >= 0.6 is 19.3 Å². The van der Waals surface area contributed by atoms with Crippen LogP contribution in [-0.4, -0.2) is 44.0 Å². The first-order valence-corrected chi connectivity index (χ1v) is 14.6. The van der Waals surface area contributed by atoms with E-state index in [4.69, 9.17) is 20.6 Å². The van der Waals surface area contributed by atoms with Gasteiger partial charge in [-0.05, 0) is 56.2 Å². The zero-order chi connectivity index (χ0) is 29.1. The summed E-state index contributed by atoms with van der Waals surface area (Å²) in [6.45, 7) is 3.42. The van der Waals surface area contributed by atoms with Crippen LogP contribution < -0.4 is 14.9 Å². The molecule has 3 atom stereocenters. The number of esters is 1. The number of halogens is 1. The number of carbonyl (C=O) groups is 3. The fraction of sp³-hybridized carbons (Fsp3) is 0.276. The van der Waals surface area contributed by atoms with Gasteiger partial charge in [-0.1, -0.05) is 60.1 Å². The predicted octanol–water partition coefficient (Wildman–Crippen LogP) is 5.54. The monoisotopic (exact) mass is 586 g/mol. The summed E-state index contributed by atoms with van der Waals surface area (Å²) >= 11 is 5.90. The van der Waals surface area contributed by atoms with Crippen LogP contribution in [-0.2, 0) is 23.4 Å². The highest BCUT2D eigenvalue weighted by Crippen LogP contribution is 2.45. The molecule has 11 heteroatoms. The summed E-state index contributed by atoms with van der Waals surface area (Å²) in [5.41, 5.74) is 1.78. The van der Waals surface area contributed by atoms with Crippen molar-refractivity contribution in [2.45, 2.75) is 32.2 Å². The minimum atomic E-state index is -3.99. The minimum absolute atomic E-state index is 0.0402. The van der Waals surface area contributed by atoms with Crippen molar-refractivity contribution in [2.75, 3.05) is 20.3 Å². The van der Waals surface area contributed by atoms with Gasteiger partial charge < -0.3 is 14.6 Å². The van der Waals surface area contributed by atoms with Crippen molar-refractivity contribution in [1.82, 2.24) is 10.4 Å². The van der Waals surface area contributed by atoms with E-state index in [0.717, 1.165) is 0 Å².